The van der Waals surface area contributed by atoms with Gasteiger partial charge in [0.2, 0.25) is 0 Å². The Bertz CT molecular complexity index is 502. The van der Waals surface area contributed by atoms with Crippen molar-refractivity contribution in [2.75, 3.05) is 13.2 Å². The number of allylic oxidation sites excluding steroid dienone is 1. The molecular weight excluding hydrogens is 532 g/mol. The van der Waals surface area contributed by atoms with Crippen LogP contribution in [0.5, 0.6) is 0 Å². The number of unbranched alkanes of at least 4 members (excludes halogenated alkanes) is 5. The topological polar surface area (TPSA) is 117 Å². The third-order valence-electron chi connectivity index (χ3n) is 3.31. The van der Waals surface area contributed by atoms with Crippen LogP contribution in [-0.4, -0.2) is 73.6 Å². The summed E-state index contributed by atoms with van der Waals surface area (Å²) in [6.07, 6.45) is 9.16. The summed E-state index contributed by atoms with van der Waals surface area (Å²) in [7, 11) is 0. The molecule has 0 saturated carbocycles. The molecule has 0 saturated heterocycles. The van der Waals surface area contributed by atoms with E-state index in [9.17, 15) is 9.59 Å². The van der Waals surface area contributed by atoms with Gasteiger partial charge in [0.05, 0.1) is 13.2 Å². The Kier molecular flexibility index (Phi) is 61.2. The maximum atomic E-state index is 10.9. The molecule has 0 unspecified atom stereocenters. The molecule has 0 aliphatic rings. The molecule has 0 amide bonds. The van der Waals surface area contributed by atoms with Crippen LogP contribution in [0.3, 0.4) is 0 Å². The van der Waals surface area contributed by atoms with E-state index >= 15 is 0 Å². The molecule has 3 N–H and O–H groups in total. The van der Waals surface area contributed by atoms with Crippen LogP contribution in [0.2, 0.25) is 0 Å². The van der Waals surface area contributed by atoms with Crippen molar-refractivity contribution in [1.29, 1.82) is 4.35 Å². The van der Waals surface area contributed by atoms with Gasteiger partial charge in [0, 0.05) is 13.2 Å². The number of carboxylic acids is 1. The molecule has 214 valence electrons. The summed E-state index contributed by atoms with van der Waals surface area (Å²) in [5.41, 5.74) is 0. The molecule has 12 heteroatoms. The molecule has 0 aliphatic heterocycles. The number of carbonyl (C=O) groups is 2. The van der Waals surface area contributed by atoms with Crippen molar-refractivity contribution in [3.8, 4) is 0 Å². The fraction of sp³-hybridized carbons (Fsp3) is 0.792. The molecule has 0 aromatic rings. The van der Waals surface area contributed by atoms with Gasteiger partial charge in [-0.3, -0.25) is 14.8 Å². The monoisotopic (exact) mass is 585 g/mol. The van der Waals surface area contributed by atoms with Gasteiger partial charge in [-0.05, 0) is 41.0 Å². The van der Waals surface area contributed by atoms with E-state index in [0.29, 0.717) is 16.6 Å². The predicted octanol–water partition coefficient (Wildman–Crippen LogP) is 8.03. The third kappa shape index (κ3) is 47.0. The van der Waals surface area contributed by atoms with Gasteiger partial charge in [0.1, 0.15) is 8.28 Å². The number of thioether (sulfide) groups is 2. The zero-order valence-electron chi connectivity index (χ0n) is 20.9. The molecule has 0 rings (SSSR count). The molecule has 7 nitrogen and oxygen atoms in total. The maximum absolute atomic E-state index is 10.9. The van der Waals surface area contributed by atoms with Gasteiger partial charge >= 0.3 is 26.4 Å². The summed E-state index contributed by atoms with van der Waals surface area (Å²) >= 11 is 9.21. The number of nitrogens with one attached hydrogen (secondary N) is 1. The van der Waals surface area contributed by atoms with E-state index in [1.807, 2.05) is 20.8 Å². The number of thiocarbonyl (C=S) groups is 1. The summed E-state index contributed by atoms with van der Waals surface area (Å²) < 4.78 is 9.42. The number of hydrogen-bond acceptors (Lipinski definition) is 9. The van der Waals surface area contributed by atoms with Crippen molar-refractivity contribution in [1.82, 2.24) is 0 Å². The Balaban J connectivity index is -0.0000000579. The number of carbonyl (C=O) groups excluding carboxylic acids is 1. The number of aliphatic carboxylic acids is 1. The van der Waals surface area contributed by atoms with Crippen molar-refractivity contribution < 1.29 is 29.6 Å². The van der Waals surface area contributed by atoms with E-state index < -0.39 is 10.7 Å². The summed E-state index contributed by atoms with van der Waals surface area (Å²) in [5, 5.41) is 17.3. The van der Waals surface area contributed by atoms with Crippen LogP contribution >= 0.6 is 35.7 Å². The van der Waals surface area contributed by atoms with E-state index in [1.54, 1.807) is 36.0 Å². The molecule has 0 spiro atoms. The average Bonchev–Trinajstić information content (AvgIpc) is 2.69. The number of ether oxygens (including phenoxy) is 1. The van der Waals surface area contributed by atoms with E-state index in [2.05, 4.69) is 23.1 Å². The van der Waals surface area contributed by atoms with E-state index in [0.717, 1.165) is 18.2 Å². The molecule has 0 atom stereocenters. The molecule has 36 heavy (non-hydrogen) atoms. The standard InChI is InChI=1S/C9H16O4S3.C9H18O2.C3H6.3CH4.Al.B.HN/c1-8(2,5-13-12)15-7(14)16-9(3,4)6(10)11;1-2-3-4-5-6-7-8-11-9-10;1-3-2;;;;;;/h12H,5H2,1-4H3,(H,10,11);9H,2-8H2,1H3;3H,1H2,2H3;3*1H4;;;1H. The first-order valence-corrected chi connectivity index (χ1v) is 12.9. The van der Waals surface area contributed by atoms with Crippen LogP contribution in [0.1, 0.15) is 102 Å². The van der Waals surface area contributed by atoms with Crippen molar-refractivity contribution >= 4 is 76.2 Å². The van der Waals surface area contributed by atoms with E-state index in [1.165, 1.54) is 43.9 Å². The molecule has 4 radical (unpaired) electrons. The second-order valence-corrected chi connectivity index (χ2v) is 12.0. The molecule has 0 aliphatic carbocycles. The first-order valence-electron chi connectivity index (χ1n) is 10.3. The number of rotatable bonds is 13. The van der Waals surface area contributed by atoms with E-state index in [4.69, 9.17) is 26.9 Å². The second-order valence-electron chi connectivity index (χ2n) is 7.45. The SMILES string of the molecule is C.C.C.C=CC.CC(C)(COO)SC(=S)SC(C)(C)C(=O)O.CCCCCCCCOC=O.[B].[NH]=[Al]. The quantitative estimate of drug-likeness (QED) is 0.0376. The van der Waals surface area contributed by atoms with Gasteiger partial charge in [-0.2, -0.15) is 0 Å². The Hall–Kier alpha value is -0.213. The van der Waals surface area contributed by atoms with Crippen LogP contribution in [0, 0.1) is 4.35 Å². The van der Waals surface area contributed by atoms with Crippen LogP contribution in [0.4, 0.5) is 0 Å². The molecule has 0 aromatic heterocycles. The van der Waals surface area contributed by atoms with Crippen molar-refractivity contribution in [2.24, 2.45) is 0 Å². The zero-order valence-corrected chi connectivity index (χ0v) is 24.5. The van der Waals surface area contributed by atoms with Crippen molar-refractivity contribution in [3.63, 3.8) is 0 Å². The minimum absolute atomic E-state index is 0. The van der Waals surface area contributed by atoms with Crippen molar-refractivity contribution in [3.05, 3.63) is 12.7 Å². The first kappa shape index (κ1) is 56.1. The van der Waals surface area contributed by atoms with Gasteiger partial charge in [0.15, 0.2) is 0 Å². The Labute approximate surface area is 246 Å². The first-order chi connectivity index (χ1) is 14.9. The normalized spacial score (nSPS) is 8.94. The van der Waals surface area contributed by atoms with Gasteiger partial charge in [0.25, 0.3) is 6.47 Å². The number of carboxylic acid groups (broad SMARTS) is 1. The Morgan fingerprint density at radius 3 is 1.83 bits per heavy atom. The van der Waals surface area contributed by atoms with E-state index in [-0.39, 0.29) is 42.0 Å². The number of hydrogen-bond donors (Lipinski definition) is 3. The van der Waals surface area contributed by atoms with Crippen molar-refractivity contribution in [2.45, 2.75) is 112 Å². The van der Waals surface area contributed by atoms with Crippen LogP contribution in [0.15, 0.2) is 12.7 Å². The average molecular weight is 586 g/mol. The fourth-order valence-corrected chi connectivity index (χ4v) is 5.53. The van der Waals surface area contributed by atoms with Gasteiger partial charge in [-0.15, -0.1) is 6.58 Å². The van der Waals surface area contributed by atoms with Crippen LogP contribution in [0.25, 0.3) is 0 Å². The fourth-order valence-electron chi connectivity index (χ4n) is 1.70. The molecule has 0 aromatic carbocycles. The third-order valence-corrected chi connectivity index (χ3v) is 6.00. The van der Waals surface area contributed by atoms with Gasteiger partial charge in [-0.25, -0.2) is 4.89 Å². The molecule has 0 heterocycles. The molecule has 0 fully saturated rings. The second kappa shape index (κ2) is 39.3. The molecule has 0 bridgehead atoms. The Morgan fingerprint density at radius 2 is 1.47 bits per heavy atom. The minimum atomic E-state index is -0.944. The summed E-state index contributed by atoms with van der Waals surface area (Å²) in [4.78, 5) is 24.7. The summed E-state index contributed by atoms with van der Waals surface area (Å²) in [6, 6.07) is 0. The predicted molar refractivity (Wildman–Crippen MR) is 168 cm³/mol. The van der Waals surface area contributed by atoms with Gasteiger partial charge < -0.3 is 9.84 Å². The molecular formula is C24H53AlBNO6S3. The zero-order chi connectivity index (χ0) is 26.1. The van der Waals surface area contributed by atoms with Crippen LogP contribution in [-0.2, 0) is 19.2 Å². The summed E-state index contributed by atoms with van der Waals surface area (Å²) in [5.74, 6) is -0.906. The van der Waals surface area contributed by atoms with Gasteiger partial charge in [-0.1, -0.05) is 103 Å². The summed E-state index contributed by atoms with van der Waals surface area (Å²) in [6.45, 7) is 15.6. The Morgan fingerprint density at radius 1 is 1.06 bits per heavy atom. The van der Waals surface area contributed by atoms with Crippen LogP contribution < -0.4 is 0 Å².